The van der Waals surface area contributed by atoms with Gasteiger partial charge in [0.2, 0.25) is 0 Å². The minimum absolute atomic E-state index is 0.188. The lowest BCUT2D eigenvalue weighted by molar-refractivity contribution is 0.0407. The fourth-order valence-electron chi connectivity index (χ4n) is 2.04. The molecule has 3 heteroatoms. The third kappa shape index (κ3) is 5.78. The molecule has 0 bridgehead atoms. The van der Waals surface area contributed by atoms with E-state index in [1.165, 1.54) is 10.8 Å². The molecule has 0 fully saturated rings. The quantitative estimate of drug-likeness (QED) is 0.785. The van der Waals surface area contributed by atoms with Gasteiger partial charge in [-0.05, 0) is 58.2 Å². The molecule has 0 aliphatic heterocycles. The van der Waals surface area contributed by atoms with Crippen molar-refractivity contribution in [1.29, 1.82) is 0 Å². The van der Waals surface area contributed by atoms with Gasteiger partial charge in [-0.25, -0.2) is 0 Å². The molecule has 0 heterocycles. The Labute approximate surface area is 126 Å². The van der Waals surface area contributed by atoms with Crippen molar-refractivity contribution in [3.63, 3.8) is 0 Å². The van der Waals surface area contributed by atoms with Gasteiger partial charge in [-0.15, -0.1) is 0 Å². The van der Waals surface area contributed by atoms with Gasteiger partial charge in [0, 0.05) is 0 Å². The third-order valence-corrected chi connectivity index (χ3v) is 5.67. The third-order valence-electron chi connectivity index (χ3n) is 2.79. The molecule has 0 aliphatic carbocycles. The van der Waals surface area contributed by atoms with Gasteiger partial charge in [-0.3, -0.25) is 0 Å². The van der Waals surface area contributed by atoms with Crippen LogP contribution in [0, 0.1) is 0 Å². The summed E-state index contributed by atoms with van der Waals surface area (Å²) >= 11 is 0. The normalized spacial score (nSPS) is 13.3. The average Bonchev–Trinajstić information content (AvgIpc) is 2.24. The lowest BCUT2D eigenvalue weighted by atomic mass is 10.0. The Hall–Kier alpha value is -0.643. The Morgan fingerprint density at radius 2 is 1.30 bits per heavy atom. The van der Waals surface area contributed by atoms with Crippen molar-refractivity contribution in [3.8, 4) is 0 Å². The Kier molecular flexibility index (Phi) is 5.59. The predicted octanol–water partition coefficient (Wildman–Crippen LogP) is 3.87. The number of hydrogen-bond acceptors (Lipinski definition) is 2. The van der Waals surface area contributed by atoms with Crippen LogP contribution in [0.4, 0.5) is 0 Å². The van der Waals surface area contributed by atoms with Gasteiger partial charge >= 0.3 is 9.28 Å². The van der Waals surface area contributed by atoms with Gasteiger partial charge < -0.3 is 8.85 Å². The van der Waals surface area contributed by atoms with E-state index in [1.807, 2.05) is 0 Å². The molecule has 0 aliphatic rings. The van der Waals surface area contributed by atoms with Crippen molar-refractivity contribution in [1.82, 2.24) is 0 Å². The first kappa shape index (κ1) is 17.4. The standard InChI is InChI=1S/C17H30O2Si/c1-13(2)14-11-9-10-12-15(14)20(18-16(3,4)5)19-17(6,7)8/h9-13,20H,1-8H3. The van der Waals surface area contributed by atoms with Crippen molar-refractivity contribution in [2.45, 2.75) is 72.5 Å². The SMILES string of the molecule is CC(C)c1ccccc1[SiH](OC(C)(C)C)OC(C)(C)C. The first-order chi connectivity index (χ1) is 8.99. The highest BCUT2D eigenvalue weighted by Crippen LogP contribution is 2.19. The molecule has 0 spiro atoms. The van der Waals surface area contributed by atoms with E-state index in [4.69, 9.17) is 8.85 Å². The van der Waals surface area contributed by atoms with E-state index in [2.05, 4.69) is 79.7 Å². The maximum atomic E-state index is 6.31. The van der Waals surface area contributed by atoms with Gasteiger partial charge in [0.15, 0.2) is 0 Å². The van der Waals surface area contributed by atoms with Crippen LogP contribution in [-0.4, -0.2) is 20.5 Å². The van der Waals surface area contributed by atoms with Gasteiger partial charge in [-0.2, -0.15) is 0 Å². The van der Waals surface area contributed by atoms with E-state index < -0.39 is 9.28 Å². The molecule has 0 unspecified atom stereocenters. The molecule has 0 N–H and O–H groups in total. The first-order valence-corrected chi connectivity index (χ1v) is 8.96. The van der Waals surface area contributed by atoms with Crippen LogP contribution >= 0.6 is 0 Å². The lowest BCUT2D eigenvalue weighted by Gasteiger charge is -2.33. The molecule has 0 atom stereocenters. The zero-order valence-corrected chi connectivity index (χ0v) is 15.4. The van der Waals surface area contributed by atoms with Crippen molar-refractivity contribution >= 4 is 14.5 Å². The molecule has 0 saturated heterocycles. The van der Waals surface area contributed by atoms with Crippen LogP contribution in [0.3, 0.4) is 0 Å². The van der Waals surface area contributed by atoms with E-state index in [9.17, 15) is 0 Å². The average molecular weight is 295 g/mol. The van der Waals surface area contributed by atoms with Crippen LogP contribution in [0.2, 0.25) is 0 Å². The molecule has 1 aromatic carbocycles. The van der Waals surface area contributed by atoms with Gasteiger partial charge in [-0.1, -0.05) is 38.1 Å². The van der Waals surface area contributed by atoms with E-state index in [1.54, 1.807) is 0 Å². The Bertz CT molecular complexity index is 411. The smallest absolute Gasteiger partial charge is 0.356 e. The van der Waals surface area contributed by atoms with Gasteiger partial charge in [0.25, 0.3) is 0 Å². The first-order valence-electron chi connectivity index (χ1n) is 7.44. The summed E-state index contributed by atoms with van der Waals surface area (Å²) in [6.07, 6.45) is 0. The van der Waals surface area contributed by atoms with E-state index in [0.717, 1.165) is 0 Å². The summed E-state index contributed by atoms with van der Waals surface area (Å²) in [4.78, 5) is 0. The van der Waals surface area contributed by atoms with Gasteiger partial charge in [0.05, 0.1) is 11.2 Å². The summed E-state index contributed by atoms with van der Waals surface area (Å²) in [7, 11) is -1.94. The fourth-order valence-corrected chi connectivity index (χ4v) is 4.60. The summed E-state index contributed by atoms with van der Waals surface area (Å²) in [6, 6.07) is 8.54. The molecular formula is C17H30O2Si. The summed E-state index contributed by atoms with van der Waals surface area (Å²) in [5.74, 6) is 0.480. The summed E-state index contributed by atoms with van der Waals surface area (Å²) in [5, 5.41) is 1.27. The minimum atomic E-state index is -1.94. The summed E-state index contributed by atoms with van der Waals surface area (Å²) in [6.45, 7) is 17.0. The Morgan fingerprint density at radius 3 is 1.70 bits per heavy atom. The lowest BCUT2D eigenvalue weighted by Crippen LogP contribution is -2.48. The summed E-state index contributed by atoms with van der Waals surface area (Å²) in [5.41, 5.74) is 0.969. The maximum Gasteiger partial charge on any atom is 0.356 e. The molecule has 0 saturated carbocycles. The second kappa shape index (κ2) is 6.42. The van der Waals surface area contributed by atoms with Crippen molar-refractivity contribution in [2.75, 3.05) is 0 Å². The highest BCUT2D eigenvalue weighted by Gasteiger charge is 2.30. The molecule has 20 heavy (non-hydrogen) atoms. The van der Waals surface area contributed by atoms with Crippen LogP contribution in [0.25, 0.3) is 0 Å². The molecule has 0 amide bonds. The molecule has 0 radical (unpaired) electrons. The van der Waals surface area contributed by atoms with Crippen LogP contribution in [-0.2, 0) is 8.85 Å². The fraction of sp³-hybridized carbons (Fsp3) is 0.647. The Morgan fingerprint density at radius 1 is 0.850 bits per heavy atom. The topological polar surface area (TPSA) is 18.5 Å². The maximum absolute atomic E-state index is 6.31. The Balaban J connectivity index is 3.16. The van der Waals surface area contributed by atoms with Crippen molar-refractivity contribution in [3.05, 3.63) is 29.8 Å². The minimum Gasteiger partial charge on any atom is -0.388 e. The molecule has 1 aromatic rings. The van der Waals surface area contributed by atoms with Crippen LogP contribution in [0.15, 0.2) is 24.3 Å². The molecule has 1 rings (SSSR count). The van der Waals surface area contributed by atoms with Crippen LogP contribution < -0.4 is 5.19 Å². The van der Waals surface area contributed by atoms with E-state index in [-0.39, 0.29) is 11.2 Å². The second-order valence-electron chi connectivity index (χ2n) is 7.58. The molecule has 2 nitrogen and oxygen atoms in total. The molecular weight excluding hydrogens is 264 g/mol. The van der Waals surface area contributed by atoms with E-state index in [0.29, 0.717) is 5.92 Å². The van der Waals surface area contributed by atoms with Gasteiger partial charge in [0.1, 0.15) is 0 Å². The zero-order chi connectivity index (χ0) is 15.6. The van der Waals surface area contributed by atoms with Crippen molar-refractivity contribution in [2.24, 2.45) is 0 Å². The number of hydrogen-bond donors (Lipinski definition) is 0. The highest BCUT2D eigenvalue weighted by atomic mass is 28.3. The summed E-state index contributed by atoms with van der Waals surface area (Å²) < 4.78 is 12.6. The van der Waals surface area contributed by atoms with E-state index >= 15 is 0 Å². The molecule has 0 aromatic heterocycles. The number of benzene rings is 1. The van der Waals surface area contributed by atoms with Crippen LogP contribution in [0.5, 0.6) is 0 Å². The predicted molar refractivity (Wildman–Crippen MR) is 89.0 cm³/mol. The van der Waals surface area contributed by atoms with Crippen molar-refractivity contribution < 1.29 is 8.85 Å². The monoisotopic (exact) mass is 294 g/mol. The van der Waals surface area contributed by atoms with Crippen LogP contribution in [0.1, 0.15) is 66.9 Å². The number of rotatable bonds is 4. The highest BCUT2D eigenvalue weighted by molar-refractivity contribution is 6.62. The second-order valence-corrected chi connectivity index (χ2v) is 9.33. The largest absolute Gasteiger partial charge is 0.388 e. The zero-order valence-electron chi connectivity index (χ0n) is 14.3. The molecule has 114 valence electrons.